The van der Waals surface area contributed by atoms with E-state index >= 15 is 0 Å². The lowest BCUT2D eigenvalue weighted by atomic mass is 9.86. The summed E-state index contributed by atoms with van der Waals surface area (Å²) in [6.07, 6.45) is 1.49. The van der Waals surface area contributed by atoms with E-state index in [0.29, 0.717) is 18.7 Å². The van der Waals surface area contributed by atoms with Crippen LogP contribution in [0.4, 0.5) is 14.5 Å². The maximum absolute atomic E-state index is 13.7. The highest BCUT2D eigenvalue weighted by Gasteiger charge is 2.44. The van der Waals surface area contributed by atoms with Gasteiger partial charge in [0.1, 0.15) is 11.6 Å². The number of benzene rings is 2. The Balaban J connectivity index is 1.35. The van der Waals surface area contributed by atoms with Gasteiger partial charge in [0.25, 0.3) is 0 Å². The summed E-state index contributed by atoms with van der Waals surface area (Å²) in [6, 6.07) is 10.3. The molecule has 2 aliphatic heterocycles. The van der Waals surface area contributed by atoms with Gasteiger partial charge in [-0.15, -0.1) is 0 Å². The quantitative estimate of drug-likeness (QED) is 0.692. The number of fused-ring (bicyclic) bond motifs is 1. The van der Waals surface area contributed by atoms with Crippen LogP contribution >= 0.6 is 0 Å². The van der Waals surface area contributed by atoms with Crippen LogP contribution in [0.2, 0.25) is 0 Å². The van der Waals surface area contributed by atoms with E-state index in [1.165, 1.54) is 24.3 Å². The van der Waals surface area contributed by atoms with Crippen molar-refractivity contribution in [2.45, 2.75) is 32.1 Å². The van der Waals surface area contributed by atoms with Crippen LogP contribution in [-0.2, 0) is 10.2 Å². The summed E-state index contributed by atoms with van der Waals surface area (Å²) >= 11 is 0. The Bertz CT molecular complexity index is 964. The first-order valence-corrected chi connectivity index (χ1v) is 10.4. The van der Waals surface area contributed by atoms with Crippen LogP contribution < -0.4 is 4.90 Å². The second-order valence-corrected chi connectivity index (χ2v) is 8.73. The van der Waals surface area contributed by atoms with Crippen molar-refractivity contribution in [3.8, 4) is 0 Å². The first-order valence-electron chi connectivity index (χ1n) is 10.4. The van der Waals surface area contributed by atoms with E-state index in [9.17, 15) is 18.4 Å². The van der Waals surface area contributed by atoms with Gasteiger partial charge in [-0.05, 0) is 87.8 Å². The molecule has 0 spiro atoms. The zero-order chi connectivity index (χ0) is 21.5. The van der Waals surface area contributed by atoms with Gasteiger partial charge < -0.3 is 9.80 Å². The maximum Gasteiger partial charge on any atom is 0.237 e. The number of piperidine rings is 1. The Kier molecular flexibility index (Phi) is 5.45. The molecule has 0 atom stereocenters. The molecule has 1 saturated heterocycles. The minimum Gasteiger partial charge on any atom is -0.310 e. The first-order chi connectivity index (χ1) is 14.3. The Morgan fingerprint density at radius 1 is 1.00 bits per heavy atom. The number of hydrogen-bond acceptors (Lipinski definition) is 3. The summed E-state index contributed by atoms with van der Waals surface area (Å²) < 4.78 is 26.8. The van der Waals surface area contributed by atoms with E-state index in [1.54, 1.807) is 23.1 Å². The van der Waals surface area contributed by atoms with Gasteiger partial charge in [0.15, 0.2) is 5.78 Å². The fourth-order valence-electron chi connectivity index (χ4n) is 4.54. The van der Waals surface area contributed by atoms with Crippen molar-refractivity contribution in [3.63, 3.8) is 0 Å². The number of anilines is 1. The molecule has 158 valence electrons. The third kappa shape index (κ3) is 3.76. The molecular formula is C24H26F2N2O2. The molecule has 1 fully saturated rings. The van der Waals surface area contributed by atoms with Crippen LogP contribution in [-0.4, -0.2) is 42.8 Å². The predicted molar refractivity (Wildman–Crippen MR) is 112 cm³/mol. The minimum atomic E-state index is -0.730. The number of amides is 1. The Labute approximate surface area is 175 Å². The number of Topliss-reactive ketones (excluding diaryl/α,β-unsaturated/α-hetero) is 1. The van der Waals surface area contributed by atoms with Crippen LogP contribution in [0.1, 0.15) is 42.6 Å². The van der Waals surface area contributed by atoms with Gasteiger partial charge in [-0.1, -0.05) is 0 Å². The van der Waals surface area contributed by atoms with Gasteiger partial charge in [0.05, 0.1) is 5.41 Å². The smallest absolute Gasteiger partial charge is 0.237 e. The van der Waals surface area contributed by atoms with Crippen molar-refractivity contribution in [1.82, 2.24) is 4.90 Å². The number of likely N-dealkylation sites (tertiary alicyclic amines) is 1. The fourth-order valence-corrected chi connectivity index (χ4v) is 4.54. The van der Waals surface area contributed by atoms with E-state index in [2.05, 4.69) is 4.90 Å². The summed E-state index contributed by atoms with van der Waals surface area (Å²) in [5.74, 6) is -0.663. The van der Waals surface area contributed by atoms with E-state index in [0.717, 1.165) is 37.2 Å². The third-order valence-electron chi connectivity index (χ3n) is 6.43. The molecule has 6 heteroatoms. The minimum absolute atomic E-state index is 0.00975. The SMILES string of the molecule is CC1(C)C(=O)N(CCN2CCC(C(=O)c3ccc(F)cc3)CC2)c2ccc(F)cc21. The van der Waals surface area contributed by atoms with Gasteiger partial charge in [0, 0.05) is 30.3 Å². The molecule has 1 amide bonds. The Morgan fingerprint density at radius 2 is 1.63 bits per heavy atom. The van der Waals surface area contributed by atoms with Crippen molar-refractivity contribution >= 4 is 17.4 Å². The number of ketones is 1. The molecule has 0 aliphatic carbocycles. The number of hydrogen-bond donors (Lipinski definition) is 0. The van der Waals surface area contributed by atoms with Crippen molar-refractivity contribution in [3.05, 3.63) is 65.2 Å². The van der Waals surface area contributed by atoms with Crippen molar-refractivity contribution in [2.24, 2.45) is 5.92 Å². The largest absolute Gasteiger partial charge is 0.310 e. The number of rotatable bonds is 5. The fraction of sp³-hybridized carbons (Fsp3) is 0.417. The van der Waals surface area contributed by atoms with Gasteiger partial charge in [-0.25, -0.2) is 8.78 Å². The van der Waals surface area contributed by atoms with Crippen LogP contribution in [0.3, 0.4) is 0 Å². The molecule has 4 nitrogen and oxygen atoms in total. The molecule has 2 heterocycles. The monoisotopic (exact) mass is 412 g/mol. The number of carbonyl (C=O) groups excluding carboxylic acids is 2. The van der Waals surface area contributed by atoms with Crippen molar-refractivity contribution in [2.75, 3.05) is 31.1 Å². The lowest BCUT2D eigenvalue weighted by Crippen LogP contribution is -2.43. The molecule has 0 unspecified atom stereocenters. The van der Waals surface area contributed by atoms with E-state index < -0.39 is 5.41 Å². The summed E-state index contributed by atoms with van der Waals surface area (Å²) in [4.78, 5) is 29.6. The van der Waals surface area contributed by atoms with Crippen LogP contribution in [0.15, 0.2) is 42.5 Å². The molecule has 0 bridgehead atoms. The number of nitrogens with zero attached hydrogens (tertiary/aromatic N) is 2. The molecule has 0 aromatic heterocycles. The van der Waals surface area contributed by atoms with Crippen molar-refractivity contribution in [1.29, 1.82) is 0 Å². The van der Waals surface area contributed by atoms with E-state index in [4.69, 9.17) is 0 Å². The van der Waals surface area contributed by atoms with Gasteiger partial charge >= 0.3 is 0 Å². The number of halogens is 2. The average molecular weight is 412 g/mol. The van der Waals surface area contributed by atoms with Gasteiger partial charge in [0.2, 0.25) is 5.91 Å². The standard InChI is InChI=1S/C24H26F2N2O2/c1-24(2)20-15-19(26)7-8-21(20)28(23(24)30)14-13-27-11-9-17(10-12-27)22(29)16-3-5-18(25)6-4-16/h3-8,15,17H,9-14H2,1-2H3. The van der Waals surface area contributed by atoms with Gasteiger partial charge in [-0.2, -0.15) is 0 Å². The summed E-state index contributed by atoms with van der Waals surface area (Å²) in [5, 5.41) is 0. The van der Waals surface area contributed by atoms with Crippen molar-refractivity contribution < 1.29 is 18.4 Å². The molecule has 0 saturated carbocycles. The summed E-state index contributed by atoms with van der Waals surface area (Å²) in [6.45, 7) is 6.46. The number of carbonyl (C=O) groups is 2. The lowest BCUT2D eigenvalue weighted by Gasteiger charge is -2.32. The lowest BCUT2D eigenvalue weighted by molar-refractivity contribution is -0.122. The molecule has 2 aromatic carbocycles. The maximum atomic E-state index is 13.7. The Hall–Kier alpha value is -2.60. The topological polar surface area (TPSA) is 40.6 Å². The second kappa shape index (κ2) is 7.91. The van der Waals surface area contributed by atoms with E-state index in [-0.39, 0.29) is 29.2 Å². The van der Waals surface area contributed by atoms with Gasteiger partial charge in [-0.3, -0.25) is 9.59 Å². The zero-order valence-corrected chi connectivity index (χ0v) is 17.3. The highest BCUT2D eigenvalue weighted by molar-refractivity contribution is 6.07. The average Bonchev–Trinajstić information content (AvgIpc) is 2.92. The predicted octanol–water partition coefficient (Wildman–Crippen LogP) is 4.18. The van der Waals surface area contributed by atoms with Crippen LogP contribution in [0, 0.1) is 17.6 Å². The van der Waals surface area contributed by atoms with Crippen LogP contribution in [0.5, 0.6) is 0 Å². The third-order valence-corrected chi connectivity index (χ3v) is 6.43. The molecule has 0 radical (unpaired) electrons. The molecule has 2 aromatic rings. The van der Waals surface area contributed by atoms with Crippen LogP contribution in [0.25, 0.3) is 0 Å². The highest BCUT2D eigenvalue weighted by Crippen LogP contribution is 2.41. The van der Waals surface area contributed by atoms with E-state index in [1.807, 2.05) is 13.8 Å². The molecule has 4 rings (SSSR count). The zero-order valence-electron chi connectivity index (χ0n) is 17.3. The summed E-state index contributed by atoms with van der Waals surface area (Å²) in [7, 11) is 0. The molecule has 2 aliphatic rings. The first kappa shape index (κ1) is 20.7. The molecular weight excluding hydrogens is 386 g/mol. The normalized spacial score (nSPS) is 19.2. The molecule has 30 heavy (non-hydrogen) atoms. The second-order valence-electron chi connectivity index (χ2n) is 8.73. The Morgan fingerprint density at radius 3 is 2.30 bits per heavy atom. The summed E-state index contributed by atoms with van der Waals surface area (Å²) in [5.41, 5.74) is 1.35. The highest BCUT2D eigenvalue weighted by atomic mass is 19.1. The molecule has 0 N–H and O–H groups in total.